The molecule has 1 aliphatic heterocycles. The van der Waals surface area contributed by atoms with Crippen molar-refractivity contribution < 1.29 is 9.90 Å². The second-order valence-corrected chi connectivity index (χ2v) is 4.80. The summed E-state index contributed by atoms with van der Waals surface area (Å²) in [7, 11) is 0. The van der Waals surface area contributed by atoms with Gasteiger partial charge in [0, 0.05) is 29.6 Å². The lowest BCUT2D eigenvalue weighted by Crippen LogP contribution is -2.53. The Labute approximate surface area is 98.6 Å². The van der Waals surface area contributed by atoms with E-state index < -0.39 is 11.5 Å². The molecule has 2 aromatic rings. The van der Waals surface area contributed by atoms with Crippen LogP contribution >= 0.6 is 0 Å². The molecule has 1 aromatic heterocycles. The third-order valence-corrected chi connectivity index (χ3v) is 3.56. The van der Waals surface area contributed by atoms with E-state index in [4.69, 9.17) is 0 Å². The quantitative estimate of drug-likeness (QED) is 0.698. The van der Waals surface area contributed by atoms with Crippen LogP contribution in [0.5, 0.6) is 0 Å². The van der Waals surface area contributed by atoms with Crippen LogP contribution in [-0.2, 0) is 17.8 Å². The van der Waals surface area contributed by atoms with E-state index in [0.717, 1.165) is 22.2 Å². The molecule has 88 valence electrons. The number of fused-ring (bicyclic) bond motifs is 3. The van der Waals surface area contributed by atoms with E-state index in [1.807, 2.05) is 24.3 Å². The Bertz CT molecular complexity index is 602. The summed E-state index contributed by atoms with van der Waals surface area (Å²) in [6.07, 6.45) is 0.516. The summed E-state index contributed by atoms with van der Waals surface area (Å²) in [6, 6.07) is 8.02. The molecule has 4 heteroatoms. The maximum atomic E-state index is 11.3. The zero-order valence-corrected chi connectivity index (χ0v) is 9.58. The largest absolute Gasteiger partial charge is 0.480 e. The highest BCUT2D eigenvalue weighted by Crippen LogP contribution is 2.30. The van der Waals surface area contributed by atoms with Gasteiger partial charge in [0.15, 0.2) is 0 Å². The Balaban J connectivity index is 2.15. The molecule has 0 aliphatic carbocycles. The minimum atomic E-state index is -0.863. The monoisotopic (exact) mass is 230 g/mol. The molecule has 1 unspecified atom stereocenters. The van der Waals surface area contributed by atoms with E-state index in [-0.39, 0.29) is 0 Å². The van der Waals surface area contributed by atoms with Crippen molar-refractivity contribution in [1.29, 1.82) is 0 Å². The summed E-state index contributed by atoms with van der Waals surface area (Å²) in [5.74, 6) is -0.798. The number of aliphatic carboxylic acids is 1. The molecule has 3 rings (SSSR count). The third kappa shape index (κ3) is 1.45. The molecule has 4 nitrogen and oxygen atoms in total. The molecule has 0 saturated carbocycles. The number of H-pyrrole nitrogens is 1. The molecule has 1 aliphatic rings. The fourth-order valence-corrected chi connectivity index (χ4v) is 2.46. The fourth-order valence-electron chi connectivity index (χ4n) is 2.46. The number of carboxylic acids is 1. The van der Waals surface area contributed by atoms with E-state index in [0.29, 0.717) is 13.0 Å². The molecule has 3 N–H and O–H groups in total. The van der Waals surface area contributed by atoms with Crippen molar-refractivity contribution in [3.63, 3.8) is 0 Å². The highest BCUT2D eigenvalue weighted by Gasteiger charge is 2.37. The number of rotatable bonds is 1. The number of carbonyl (C=O) groups is 1. The molecule has 0 radical (unpaired) electrons. The SMILES string of the molecule is CC1(C(=O)O)Cc2c([nH]c3ccccc23)CN1. The molecule has 0 saturated heterocycles. The number of hydrogen-bond donors (Lipinski definition) is 3. The first-order chi connectivity index (χ1) is 8.10. The van der Waals surface area contributed by atoms with E-state index in [1.54, 1.807) is 6.92 Å². The summed E-state index contributed by atoms with van der Waals surface area (Å²) < 4.78 is 0. The fraction of sp³-hybridized carbons (Fsp3) is 0.308. The summed E-state index contributed by atoms with van der Waals surface area (Å²) in [5, 5.41) is 13.5. The van der Waals surface area contributed by atoms with E-state index in [2.05, 4.69) is 10.3 Å². The molecule has 0 fully saturated rings. The molecule has 0 bridgehead atoms. The average Bonchev–Trinajstić information content (AvgIpc) is 2.67. The first kappa shape index (κ1) is 10.4. The van der Waals surface area contributed by atoms with Crippen molar-refractivity contribution >= 4 is 16.9 Å². The van der Waals surface area contributed by atoms with Gasteiger partial charge in [0.25, 0.3) is 0 Å². The number of hydrogen-bond acceptors (Lipinski definition) is 2. The van der Waals surface area contributed by atoms with Crippen LogP contribution in [0, 0.1) is 0 Å². The van der Waals surface area contributed by atoms with E-state index in [9.17, 15) is 9.90 Å². The average molecular weight is 230 g/mol. The maximum Gasteiger partial charge on any atom is 0.323 e. The standard InChI is InChI=1S/C13H14N2O2/c1-13(12(16)17)6-9-8-4-2-3-5-10(8)15-11(9)7-14-13/h2-5,14-15H,6-7H2,1H3,(H,16,17). The Morgan fingerprint density at radius 1 is 1.41 bits per heavy atom. The van der Waals surface area contributed by atoms with Gasteiger partial charge in [-0.05, 0) is 18.6 Å². The van der Waals surface area contributed by atoms with Gasteiger partial charge in [0.1, 0.15) is 5.54 Å². The van der Waals surface area contributed by atoms with E-state index in [1.165, 1.54) is 0 Å². The van der Waals surface area contributed by atoms with Gasteiger partial charge in [-0.25, -0.2) is 0 Å². The molecule has 0 amide bonds. The molecule has 1 aromatic carbocycles. The van der Waals surface area contributed by atoms with Crippen molar-refractivity contribution in [3.8, 4) is 0 Å². The van der Waals surface area contributed by atoms with Crippen molar-refractivity contribution in [2.24, 2.45) is 0 Å². The van der Waals surface area contributed by atoms with Crippen LogP contribution in [0.4, 0.5) is 0 Å². The highest BCUT2D eigenvalue weighted by atomic mass is 16.4. The number of nitrogens with one attached hydrogen (secondary N) is 2. The third-order valence-electron chi connectivity index (χ3n) is 3.56. The number of aromatic nitrogens is 1. The minimum absolute atomic E-state index is 0.516. The zero-order chi connectivity index (χ0) is 12.0. The molecule has 1 atom stereocenters. The molecule has 0 spiro atoms. The summed E-state index contributed by atoms with van der Waals surface area (Å²) in [5.41, 5.74) is 2.45. The Hall–Kier alpha value is -1.81. The Morgan fingerprint density at radius 2 is 2.18 bits per heavy atom. The van der Waals surface area contributed by atoms with Crippen LogP contribution in [0.1, 0.15) is 18.2 Å². The lowest BCUT2D eigenvalue weighted by Gasteiger charge is -2.30. The predicted octanol–water partition coefficient (Wildman–Crippen LogP) is 1.66. The van der Waals surface area contributed by atoms with Gasteiger partial charge in [-0.3, -0.25) is 10.1 Å². The number of para-hydroxylation sites is 1. The number of aromatic amines is 1. The van der Waals surface area contributed by atoms with Gasteiger partial charge in [-0.15, -0.1) is 0 Å². The van der Waals surface area contributed by atoms with Gasteiger partial charge in [0.2, 0.25) is 0 Å². The van der Waals surface area contributed by atoms with Crippen molar-refractivity contribution in [2.75, 3.05) is 0 Å². The van der Waals surface area contributed by atoms with Crippen molar-refractivity contribution in [2.45, 2.75) is 25.4 Å². The first-order valence-electron chi connectivity index (χ1n) is 5.67. The molecular formula is C13H14N2O2. The van der Waals surface area contributed by atoms with Gasteiger partial charge >= 0.3 is 5.97 Å². The van der Waals surface area contributed by atoms with Gasteiger partial charge < -0.3 is 10.1 Å². The summed E-state index contributed by atoms with van der Waals surface area (Å²) >= 11 is 0. The van der Waals surface area contributed by atoms with Crippen molar-refractivity contribution in [1.82, 2.24) is 10.3 Å². The molecule has 17 heavy (non-hydrogen) atoms. The summed E-state index contributed by atoms with van der Waals surface area (Å²) in [4.78, 5) is 14.6. The number of benzene rings is 1. The van der Waals surface area contributed by atoms with Crippen LogP contribution < -0.4 is 5.32 Å². The Kier molecular flexibility index (Phi) is 2.03. The van der Waals surface area contributed by atoms with Gasteiger partial charge in [-0.1, -0.05) is 18.2 Å². The van der Waals surface area contributed by atoms with Gasteiger partial charge in [-0.2, -0.15) is 0 Å². The van der Waals surface area contributed by atoms with Crippen LogP contribution in [0.25, 0.3) is 10.9 Å². The summed E-state index contributed by atoms with van der Waals surface area (Å²) in [6.45, 7) is 2.31. The van der Waals surface area contributed by atoms with Crippen LogP contribution in [0.15, 0.2) is 24.3 Å². The smallest absolute Gasteiger partial charge is 0.323 e. The zero-order valence-electron chi connectivity index (χ0n) is 9.58. The molecule has 2 heterocycles. The predicted molar refractivity (Wildman–Crippen MR) is 64.9 cm³/mol. The van der Waals surface area contributed by atoms with Crippen LogP contribution in [0.2, 0.25) is 0 Å². The maximum absolute atomic E-state index is 11.3. The van der Waals surface area contributed by atoms with Crippen LogP contribution in [0.3, 0.4) is 0 Å². The second kappa shape index (κ2) is 3.34. The highest BCUT2D eigenvalue weighted by molar-refractivity contribution is 5.87. The van der Waals surface area contributed by atoms with E-state index >= 15 is 0 Å². The lowest BCUT2D eigenvalue weighted by molar-refractivity contribution is -0.144. The Morgan fingerprint density at radius 3 is 2.94 bits per heavy atom. The van der Waals surface area contributed by atoms with Crippen molar-refractivity contribution in [3.05, 3.63) is 35.5 Å². The van der Waals surface area contributed by atoms with Gasteiger partial charge in [0.05, 0.1) is 0 Å². The first-order valence-corrected chi connectivity index (χ1v) is 5.67. The second-order valence-electron chi connectivity index (χ2n) is 4.80. The normalized spacial score (nSPS) is 23.6. The molecular weight excluding hydrogens is 216 g/mol. The lowest BCUT2D eigenvalue weighted by atomic mass is 9.88. The topological polar surface area (TPSA) is 65.1 Å². The number of carboxylic acid groups (broad SMARTS) is 1. The minimum Gasteiger partial charge on any atom is -0.480 e. The van der Waals surface area contributed by atoms with Crippen LogP contribution in [-0.4, -0.2) is 21.6 Å².